The summed E-state index contributed by atoms with van der Waals surface area (Å²) in [4.78, 5) is 21.6. The predicted molar refractivity (Wildman–Crippen MR) is 214 cm³/mol. The third kappa shape index (κ3) is 10.7. The lowest BCUT2D eigenvalue weighted by atomic mass is 9.99. The first kappa shape index (κ1) is 42.7. The van der Waals surface area contributed by atoms with E-state index in [0.717, 1.165) is 24.3 Å². The Balaban J connectivity index is 0.000000221. The van der Waals surface area contributed by atoms with Gasteiger partial charge in [0.1, 0.15) is 17.5 Å². The van der Waals surface area contributed by atoms with Gasteiger partial charge in [-0.2, -0.15) is 0 Å². The van der Waals surface area contributed by atoms with E-state index in [-0.39, 0.29) is 21.7 Å². The van der Waals surface area contributed by atoms with Crippen molar-refractivity contribution in [1.29, 1.82) is 0 Å². The van der Waals surface area contributed by atoms with Crippen molar-refractivity contribution < 1.29 is 49.8 Å². The van der Waals surface area contributed by atoms with Crippen LogP contribution >= 0.6 is 0 Å². The van der Waals surface area contributed by atoms with E-state index in [1.165, 1.54) is 24.3 Å². The van der Waals surface area contributed by atoms with E-state index in [1.807, 2.05) is 0 Å². The van der Waals surface area contributed by atoms with E-state index < -0.39 is 54.3 Å². The van der Waals surface area contributed by atoms with E-state index in [9.17, 15) is 49.8 Å². The van der Waals surface area contributed by atoms with Crippen molar-refractivity contribution in [3.8, 4) is 0 Å². The number of aromatic carboxylic acids is 2. The van der Waals surface area contributed by atoms with Gasteiger partial charge in [-0.3, -0.25) is 9.44 Å². The summed E-state index contributed by atoms with van der Waals surface area (Å²) in [7, 11) is -8.47. The average Bonchev–Trinajstić information content (AvgIpc) is 3.18. The highest BCUT2D eigenvalue weighted by atomic mass is 32.2. The number of carboxylic acids is 2. The summed E-state index contributed by atoms with van der Waals surface area (Å²) >= 11 is 0. The molecule has 10 nitrogen and oxygen atoms in total. The molecule has 0 saturated carbocycles. The number of sulfonamides is 2. The second kappa shape index (κ2) is 18.7. The van der Waals surface area contributed by atoms with Crippen LogP contribution in [-0.2, 0) is 45.7 Å². The molecule has 58 heavy (non-hydrogen) atoms. The molecule has 0 spiro atoms. The molecule has 0 bridgehead atoms. The van der Waals surface area contributed by atoms with Crippen molar-refractivity contribution >= 4 is 43.4 Å². The maximum absolute atomic E-state index is 13.9. The first-order valence-electron chi connectivity index (χ1n) is 17.6. The molecule has 0 heterocycles. The number of aryl methyl sites for hydroxylation is 5. The monoisotopic (exact) mass is 830 g/mol. The van der Waals surface area contributed by atoms with Crippen LogP contribution in [0.2, 0.25) is 0 Å². The molecule has 0 unspecified atom stereocenters. The van der Waals surface area contributed by atoms with Crippen LogP contribution in [0, 0.1) is 24.4 Å². The van der Waals surface area contributed by atoms with Gasteiger partial charge in [-0.15, -0.1) is 0 Å². The molecule has 0 radical (unpaired) electrons. The van der Waals surface area contributed by atoms with Gasteiger partial charge in [0.25, 0.3) is 20.0 Å². The summed E-state index contributed by atoms with van der Waals surface area (Å²) in [6, 6.07) is 33.0. The van der Waals surface area contributed by atoms with E-state index in [1.54, 1.807) is 91.9 Å². The topological polar surface area (TPSA) is 167 Å². The van der Waals surface area contributed by atoms with Crippen molar-refractivity contribution in [2.45, 2.75) is 42.4 Å². The van der Waals surface area contributed by atoms with Gasteiger partial charge in [0.2, 0.25) is 0 Å². The number of para-hydroxylation sites is 2. The van der Waals surface area contributed by atoms with Gasteiger partial charge >= 0.3 is 11.9 Å². The summed E-state index contributed by atoms with van der Waals surface area (Å²) in [5.41, 5.74) is 3.91. The molecule has 6 rings (SSSR count). The zero-order valence-corrected chi connectivity index (χ0v) is 32.5. The fourth-order valence-corrected chi connectivity index (χ4v) is 8.71. The average molecular weight is 831 g/mol. The second-order valence-corrected chi connectivity index (χ2v) is 16.2. The van der Waals surface area contributed by atoms with Crippen LogP contribution < -0.4 is 9.44 Å². The summed E-state index contributed by atoms with van der Waals surface area (Å²) in [6.45, 7) is 1.60. The number of anilines is 2. The van der Waals surface area contributed by atoms with Crippen LogP contribution in [-0.4, -0.2) is 39.0 Å². The van der Waals surface area contributed by atoms with Gasteiger partial charge in [-0.05, 0) is 109 Å². The standard InChI is InChI=1S/C22H20FNO4S.C21H17F2NO4S/c1-15-10-13-18(23)14-21(15)29(27,28)24-20-9-5-3-7-17(20)12-11-16-6-2-4-8-19(16)22(25)26;22-17-9-5-10-18(23)20(17)29(27,28)24-19-11-4-2-7-15(19)13-12-14-6-1-3-8-16(14)21(25)26/h2-10,13-14,24H,11-12H2,1H3,(H,25,26);1-11,24H,12-13H2,(H,25,26). The Hall–Kier alpha value is -6.45. The molecular formula is C43H37F3N2O8S2. The predicted octanol–water partition coefficient (Wildman–Crippen LogP) is 8.67. The molecule has 0 saturated heterocycles. The number of carbonyl (C=O) groups is 2. The maximum atomic E-state index is 13.9. The Labute approximate surface area is 333 Å². The molecule has 0 aliphatic heterocycles. The number of carboxylic acid groups (broad SMARTS) is 2. The fourth-order valence-electron chi connectivity index (χ4n) is 6.11. The Kier molecular flexibility index (Phi) is 13.7. The molecule has 300 valence electrons. The molecule has 0 amide bonds. The van der Waals surface area contributed by atoms with Crippen molar-refractivity contribution in [2.75, 3.05) is 9.44 Å². The zero-order valence-electron chi connectivity index (χ0n) is 30.8. The van der Waals surface area contributed by atoms with Crippen molar-refractivity contribution in [3.05, 3.63) is 190 Å². The highest BCUT2D eigenvalue weighted by Crippen LogP contribution is 2.27. The molecule has 0 aliphatic rings. The quantitative estimate of drug-likeness (QED) is 0.0847. The number of nitrogens with one attached hydrogen (secondary N) is 2. The largest absolute Gasteiger partial charge is 0.478 e. The summed E-state index contributed by atoms with van der Waals surface area (Å²) in [5, 5.41) is 18.6. The lowest BCUT2D eigenvalue weighted by Crippen LogP contribution is -2.17. The van der Waals surface area contributed by atoms with Gasteiger partial charge in [0.05, 0.1) is 27.4 Å². The van der Waals surface area contributed by atoms with Crippen LogP contribution in [0.3, 0.4) is 0 Å². The van der Waals surface area contributed by atoms with Gasteiger partial charge in [-0.25, -0.2) is 39.6 Å². The zero-order chi connectivity index (χ0) is 42.0. The summed E-state index contributed by atoms with van der Waals surface area (Å²) in [5.74, 6) is -5.06. The normalized spacial score (nSPS) is 11.2. The maximum Gasteiger partial charge on any atom is 0.335 e. The number of hydrogen-bond acceptors (Lipinski definition) is 6. The van der Waals surface area contributed by atoms with Crippen molar-refractivity contribution in [3.63, 3.8) is 0 Å². The number of rotatable bonds is 14. The van der Waals surface area contributed by atoms with Crippen molar-refractivity contribution in [2.24, 2.45) is 0 Å². The highest BCUT2D eigenvalue weighted by molar-refractivity contribution is 7.93. The Bertz CT molecular complexity index is 2670. The molecule has 0 aliphatic carbocycles. The van der Waals surface area contributed by atoms with Crippen LogP contribution in [0.1, 0.15) is 48.5 Å². The third-order valence-corrected chi connectivity index (χ3v) is 11.9. The van der Waals surface area contributed by atoms with Gasteiger partial charge in [0, 0.05) is 0 Å². The molecule has 15 heteroatoms. The first-order valence-corrected chi connectivity index (χ1v) is 20.6. The molecule has 4 N–H and O–H groups in total. The van der Waals surface area contributed by atoms with Crippen LogP contribution in [0.5, 0.6) is 0 Å². The number of hydrogen-bond donors (Lipinski definition) is 4. The third-order valence-electron chi connectivity index (χ3n) is 8.97. The molecule has 0 atom stereocenters. The number of benzene rings is 6. The van der Waals surface area contributed by atoms with E-state index >= 15 is 0 Å². The fraction of sp³-hybridized carbons (Fsp3) is 0.116. The summed E-state index contributed by atoms with van der Waals surface area (Å²) in [6.07, 6.45) is 1.53. The van der Waals surface area contributed by atoms with Crippen LogP contribution in [0.4, 0.5) is 24.5 Å². The lowest BCUT2D eigenvalue weighted by molar-refractivity contribution is 0.0684. The Morgan fingerprint density at radius 3 is 1.38 bits per heavy atom. The van der Waals surface area contributed by atoms with Gasteiger partial charge in [-0.1, -0.05) is 84.9 Å². The minimum Gasteiger partial charge on any atom is -0.478 e. The van der Waals surface area contributed by atoms with E-state index in [2.05, 4.69) is 9.44 Å². The Morgan fingerprint density at radius 1 is 0.517 bits per heavy atom. The second-order valence-electron chi connectivity index (χ2n) is 12.9. The van der Waals surface area contributed by atoms with E-state index in [4.69, 9.17) is 0 Å². The van der Waals surface area contributed by atoms with Gasteiger partial charge < -0.3 is 10.2 Å². The van der Waals surface area contributed by atoms with Gasteiger partial charge in [0.15, 0.2) is 4.90 Å². The smallest absolute Gasteiger partial charge is 0.335 e. The molecule has 6 aromatic carbocycles. The first-order chi connectivity index (χ1) is 27.6. The molecule has 0 aromatic heterocycles. The molecule has 0 fully saturated rings. The van der Waals surface area contributed by atoms with E-state index in [0.29, 0.717) is 59.2 Å². The SMILES string of the molecule is Cc1ccc(F)cc1S(=O)(=O)Nc1ccccc1CCc1ccccc1C(=O)O.O=C(O)c1ccccc1CCc1ccccc1NS(=O)(=O)c1c(F)cccc1F. The van der Waals surface area contributed by atoms with Crippen LogP contribution in [0.25, 0.3) is 0 Å². The Morgan fingerprint density at radius 2 is 0.914 bits per heavy atom. The molecular weight excluding hydrogens is 794 g/mol. The lowest BCUT2D eigenvalue weighted by Gasteiger charge is -2.14. The molecule has 6 aromatic rings. The summed E-state index contributed by atoms with van der Waals surface area (Å²) < 4.78 is 96.9. The van der Waals surface area contributed by atoms with Crippen LogP contribution in [0.15, 0.2) is 143 Å². The minimum absolute atomic E-state index is 0.122. The van der Waals surface area contributed by atoms with Crippen molar-refractivity contribution in [1.82, 2.24) is 0 Å². The highest BCUT2D eigenvalue weighted by Gasteiger charge is 2.25. The number of halogens is 3. The minimum atomic E-state index is -4.50.